The molecule has 4 rings (SSSR count). The van der Waals surface area contributed by atoms with Gasteiger partial charge in [-0.3, -0.25) is 4.79 Å². The first-order chi connectivity index (χ1) is 14.2. The van der Waals surface area contributed by atoms with Gasteiger partial charge in [0.05, 0.1) is 12.6 Å². The van der Waals surface area contributed by atoms with E-state index in [1.165, 1.54) is 16.7 Å². The number of ether oxygens (including phenoxy) is 1. The van der Waals surface area contributed by atoms with Gasteiger partial charge in [-0.05, 0) is 42.5 Å². The van der Waals surface area contributed by atoms with Crippen LogP contribution >= 0.6 is 0 Å². The lowest BCUT2D eigenvalue weighted by Crippen LogP contribution is -2.34. The van der Waals surface area contributed by atoms with E-state index in [1.807, 2.05) is 24.3 Å². The smallest absolute Gasteiger partial charge is 0.406 e. The Kier molecular flexibility index (Phi) is 4.66. The summed E-state index contributed by atoms with van der Waals surface area (Å²) in [5, 5.41) is 0.872. The molecular formula is C22H21F3N2O2. The Labute approximate surface area is 167 Å². The third-order valence-electron chi connectivity index (χ3n) is 5.45. The van der Waals surface area contributed by atoms with Gasteiger partial charge in [0, 0.05) is 31.6 Å². The molecule has 0 bridgehead atoms. The first kappa shape index (κ1) is 18.1. The van der Waals surface area contributed by atoms with Crippen molar-refractivity contribution in [1.82, 2.24) is 4.57 Å². The maximum Gasteiger partial charge on any atom is 0.573 e. The van der Waals surface area contributed by atoms with Crippen LogP contribution < -0.4 is 15.2 Å². The van der Waals surface area contributed by atoms with Crippen LogP contribution in [0.25, 0.3) is 10.9 Å². The number of hydrogen-bond acceptors (Lipinski definition) is 3. The first-order valence-corrected chi connectivity index (χ1v) is 9.43. The third-order valence-corrected chi connectivity index (χ3v) is 5.45. The van der Waals surface area contributed by atoms with Gasteiger partial charge in [-0.1, -0.05) is 30.3 Å². The van der Waals surface area contributed by atoms with Gasteiger partial charge in [-0.2, -0.15) is 0 Å². The van der Waals surface area contributed by atoms with E-state index < -0.39 is 6.36 Å². The molecule has 0 saturated carbocycles. The van der Waals surface area contributed by atoms with Crippen LogP contribution in [-0.2, 0) is 7.05 Å². The molecular weight excluding hydrogens is 381 g/mol. The van der Waals surface area contributed by atoms with Crippen molar-refractivity contribution in [1.29, 1.82) is 0 Å². The lowest BCUT2D eigenvalue weighted by Gasteiger charge is -2.34. The zero-order chi connectivity index (χ0) is 21.5. The number of rotatable bonds is 3. The van der Waals surface area contributed by atoms with Crippen molar-refractivity contribution in [3.05, 3.63) is 70.5 Å². The highest BCUT2D eigenvalue weighted by molar-refractivity contribution is 5.91. The molecule has 0 N–H and O–H groups in total. The Bertz CT molecular complexity index is 1120. The Hall–Kier alpha value is -2.96. The summed E-state index contributed by atoms with van der Waals surface area (Å²) in [5.41, 5.74) is 2.08. The van der Waals surface area contributed by atoms with Crippen LogP contribution in [0.4, 0.5) is 18.9 Å². The molecule has 1 aromatic heterocycles. The summed E-state index contributed by atoms with van der Waals surface area (Å²) in [7, 11) is 1.67. The van der Waals surface area contributed by atoms with Crippen LogP contribution in [0.1, 0.15) is 25.7 Å². The Balaban J connectivity index is 1.54. The molecule has 7 heteroatoms. The van der Waals surface area contributed by atoms with Gasteiger partial charge in [-0.15, -0.1) is 13.2 Å². The number of piperidine rings is 1. The van der Waals surface area contributed by atoms with Gasteiger partial charge in [0.1, 0.15) is 5.75 Å². The summed E-state index contributed by atoms with van der Waals surface area (Å²) in [4.78, 5) is 14.6. The number of nitrogens with zero attached hydrogens (tertiary/aromatic N) is 2. The van der Waals surface area contributed by atoms with E-state index in [-0.39, 0.29) is 23.3 Å². The first-order valence-electron chi connectivity index (χ1n) is 9.93. The molecule has 1 saturated heterocycles. The van der Waals surface area contributed by atoms with Gasteiger partial charge in [-0.25, -0.2) is 0 Å². The van der Waals surface area contributed by atoms with Crippen LogP contribution in [0.15, 0.2) is 59.4 Å². The van der Waals surface area contributed by atoms with E-state index in [9.17, 15) is 18.0 Å². The summed E-state index contributed by atoms with van der Waals surface area (Å²) < 4.78 is 50.8. The van der Waals surface area contributed by atoms with E-state index in [0.717, 1.165) is 29.3 Å². The molecule has 0 unspecified atom stereocenters. The molecule has 0 aliphatic carbocycles. The van der Waals surface area contributed by atoms with E-state index >= 15 is 0 Å². The molecule has 3 aromatic rings. The second-order valence-corrected chi connectivity index (χ2v) is 7.23. The number of hydrogen-bond donors (Lipinski definition) is 0. The molecule has 0 spiro atoms. The third kappa shape index (κ3) is 4.09. The monoisotopic (exact) mass is 403 g/mol. The Morgan fingerprint density at radius 2 is 1.72 bits per heavy atom. The minimum atomic E-state index is -4.70. The molecule has 2 heterocycles. The van der Waals surface area contributed by atoms with Crippen LogP contribution in [0.2, 0.25) is 0 Å². The fourth-order valence-electron chi connectivity index (χ4n) is 3.96. The summed E-state index contributed by atoms with van der Waals surface area (Å²) in [6, 6.07) is 13.6. The lowest BCUT2D eigenvalue weighted by molar-refractivity contribution is -0.274. The van der Waals surface area contributed by atoms with Crippen molar-refractivity contribution in [2.75, 3.05) is 18.0 Å². The molecule has 1 fully saturated rings. The zero-order valence-corrected chi connectivity index (χ0v) is 15.9. The Morgan fingerprint density at radius 3 is 2.38 bits per heavy atom. The number of aromatic nitrogens is 1. The van der Waals surface area contributed by atoms with Crippen molar-refractivity contribution in [2.24, 2.45) is 7.05 Å². The minimum absolute atomic E-state index is 0.0108. The molecule has 0 amide bonds. The molecule has 1 aliphatic rings. The van der Waals surface area contributed by atoms with Crippen LogP contribution in [-0.4, -0.2) is 24.0 Å². The van der Waals surface area contributed by atoms with Gasteiger partial charge in [0.2, 0.25) is 0 Å². The fourth-order valence-corrected chi connectivity index (χ4v) is 3.96. The highest BCUT2D eigenvalue weighted by atomic mass is 19.4. The SMILES string of the molecule is [2H]c1c(N2CCC(c3ccc(OC(F)(F)F)cc3)CC2)c2ccccc2n(C)c1=O. The normalized spacial score (nSPS) is 16.1. The van der Waals surface area contributed by atoms with Crippen molar-refractivity contribution in [3.63, 3.8) is 0 Å². The van der Waals surface area contributed by atoms with Gasteiger partial charge in [0.25, 0.3) is 5.56 Å². The highest BCUT2D eigenvalue weighted by Gasteiger charge is 2.31. The van der Waals surface area contributed by atoms with Gasteiger partial charge < -0.3 is 14.2 Å². The predicted octanol–water partition coefficient (Wildman–Crippen LogP) is 4.82. The fraction of sp³-hybridized carbons (Fsp3) is 0.318. The number of benzene rings is 2. The highest BCUT2D eigenvalue weighted by Crippen LogP contribution is 2.34. The van der Waals surface area contributed by atoms with Crippen LogP contribution in [0.3, 0.4) is 0 Å². The second kappa shape index (κ2) is 7.46. The molecule has 152 valence electrons. The van der Waals surface area contributed by atoms with Crippen LogP contribution in [0, 0.1) is 0 Å². The average Bonchev–Trinajstić information content (AvgIpc) is 2.72. The van der Waals surface area contributed by atoms with Crippen molar-refractivity contribution < 1.29 is 19.3 Å². The largest absolute Gasteiger partial charge is 0.573 e. The molecule has 1 aliphatic heterocycles. The number of alkyl halides is 3. The average molecular weight is 403 g/mol. The predicted molar refractivity (Wildman–Crippen MR) is 107 cm³/mol. The molecule has 0 atom stereocenters. The van der Waals surface area contributed by atoms with Crippen molar-refractivity contribution in [3.8, 4) is 5.75 Å². The quantitative estimate of drug-likeness (QED) is 0.629. The number of para-hydroxylation sites is 1. The zero-order valence-electron chi connectivity index (χ0n) is 16.9. The summed E-state index contributed by atoms with van der Waals surface area (Å²) in [6.07, 6.45) is -3.14. The molecule has 2 aromatic carbocycles. The maximum absolute atomic E-state index is 12.5. The van der Waals surface area contributed by atoms with E-state index in [2.05, 4.69) is 9.64 Å². The molecule has 4 nitrogen and oxygen atoms in total. The van der Waals surface area contributed by atoms with E-state index in [0.29, 0.717) is 18.8 Å². The lowest BCUT2D eigenvalue weighted by atomic mass is 9.89. The topological polar surface area (TPSA) is 34.5 Å². The molecule has 29 heavy (non-hydrogen) atoms. The summed E-state index contributed by atoms with van der Waals surface area (Å²) in [6.45, 7) is 1.32. The number of anilines is 1. The minimum Gasteiger partial charge on any atom is -0.406 e. The van der Waals surface area contributed by atoms with Crippen molar-refractivity contribution >= 4 is 16.6 Å². The number of fused-ring (bicyclic) bond motifs is 1. The molecule has 0 radical (unpaired) electrons. The van der Waals surface area contributed by atoms with Gasteiger partial charge >= 0.3 is 6.36 Å². The number of pyridine rings is 1. The second-order valence-electron chi connectivity index (χ2n) is 7.23. The Morgan fingerprint density at radius 1 is 1.07 bits per heavy atom. The summed E-state index contributed by atoms with van der Waals surface area (Å²) in [5.74, 6) is -0.0256. The van der Waals surface area contributed by atoms with Gasteiger partial charge in [0.15, 0.2) is 0 Å². The standard InChI is InChI=1S/C22H21F3N2O2/c1-26-19-5-3-2-4-18(19)20(14-21(26)28)27-12-10-16(11-13-27)15-6-8-17(9-7-15)29-22(23,24)25/h2-9,14,16H,10-13H2,1H3/i14D. The number of aryl methyl sites for hydroxylation is 1. The van der Waals surface area contributed by atoms with E-state index in [4.69, 9.17) is 1.37 Å². The van der Waals surface area contributed by atoms with E-state index in [1.54, 1.807) is 19.2 Å². The number of halogens is 3. The summed E-state index contributed by atoms with van der Waals surface area (Å²) >= 11 is 0. The van der Waals surface area contributed by atoms with Crippen LogP contribution in [0.5, 0.6) is 5.75 Å². The maximum atomic E-state index is 12.5. The van der Waals surface area contributed by atoms with Crippen molar-refractivity contribution in [2.45, 2.75) is 25.1 Å².